The highest BCUT2D eigenvalue weighted by atomic mass is 32.2. The maximum absolute atomic E-state index is 13.0. The first kappa shape index (κ1) is 21.6. The van der Waals surface area contributed by atoms with Crippen molar-refractivity contribution >= 4 is 51.5 Å². The first-order valence-corrected chi connectivity index (χ1v) is 11.6. The zero-order valence-electron chi connectivity index (χ0n) is 16.9. The van der Waals surface area contributed by atoms with E-state index in [0.29, 0.717) is 16.5 Å². The first-order chi connectivity index (χ1) is 15.7. The molecule has 3 amide bonds. The highest BCUT2D eigenvalue weighted by Crippen LogP contribution is 2.36. The number of thioether (sulfide) groups is 1. The summed E-state index contributed by atoms with van der Waals surface area (Å²) in [5.74, 6) is -0.138. The van der Waals surface area contributed by atoms with Gasteiger partial charge in [0.25, 0.3) is 0 Å². The molecule has 4 rings (SSSR count). The molecule has 3 N–H and O–H groups in total. The Morgan fingerprint density at radius 2 is 1.41 bits per heavy atom. The largest absolute Gasteiger partial charge is 0.323 e. The molecule has 1 heterocycles. The van der Waals surface area contributed by atoms with Gasteiger partial charge in [-0.25, -0.2) is 9.78 Å². The van der Waals surface area contributed by atoms with Crippen LogP contribution in [0.25, 0.3) is 0 Å². The lowest BCUT2D eigenvalue weighted by atomic mass is 10.1. The van der Waals surface area contributed by atoms with E-state index < -0.39 is 5.25 Å². The molecular formula is C24H20N4O2S2. The van der Waals surface area contributed by atoms with E-state index in [9.17, 15) is 9.59 Å². The molecule has 0 radical (unpaired) electrons. The molecule has 6 nitrogen and oxygen atoms in total. The zero-order valence-corrected chi connectivity index (χ0v) is 18.5. The first-order valence-electron chi connectivity index (χ1n) is 9.82. The molecule has 1 unspecified atom stereocenters. The fraction of sp³-hybridized carbons (Fsp3) is 0.0417. The maximum Gasteiger partial charge on any atom is 0.323 e. The van der Waals surface area contributed by atoms with Gasteiger partial charge in [0.05, 0.1) is 0 Å². The molecule has 0 saturated heterocycles. The van der Waals surface area contributed by atoms with Gasteiger partial charge in [0, 0.05) is 27.8 Å². The minimum Gasteiger partial charge on any atom is -0.308 e. The molecule has 4 aromatic rings. The van der Waals surface area contributed by atoms with Gasteiger partial charge in [0.2, 0.25) is 5.91 Å². The van der Waals surface area contributed by atoms with Gasteiger partial charge < -0.3 is 16.0 Å². The molecule has 0 aliphatic heterocycles. The van der Waals surface area contributed by atoms with Gasteiger partial charge in [-0.1, -0.05) is 48.5 Å². The number of benzene rings is 3. The van der Waals surface area contributed by atoms with E-state index in [-0.39, 0.29) is 11.9 Å². The number of thiazole rings is 1. The van der Waals surface area contributed by atoms with Crippen molar-refractivity contribution in [3.63, 3.8) is 0 Å². The number of amides is 3. The van der Waals surface area contributed by atoms with Gasteiger partial charge in [-0.2, -0.15) is 0 Å². The summed E-state index contributed by atoms with van der Waals surface area (Å²) in [5.41, 5.74) is 2.27. The summed E-state index contributed by atoms with van der Waals surface area (Å²) in [7, 11) is 0. The van der Waals surface area contributed by atoms with Crippen LogP contribution in [0.15, 0.2) is 101 Å². The highest BCUT2D eigenvalue weighted by molar-refractivity contribution is 8.00. The van der Waals surface area contributed by atoms with Crippen molar-refractivity contribution in [2.45, 2.75) is 10.1 Å². The minimum absolute atomic E-state index is 0.138. The molecule has 32 heavy (non-hydrogen) atoms. The average molecular weight is 461 g/mol. The van der Waals surface area contributed by atoms with Crippen LogP contribution in [0.3, 0.4) is 0 Å². The van der Waals surface area contributed by atoms with E-state index in [0.717, 1.165) is 10.5 Å². The Bertz CT molecular complexity index is 1150. The van der Waals surface area contributed by atoms with Crippen molar-refractivity contribution in [2.75, 3.05) is 16.0 Å². The fourth-order valence-electron chi connectivity index (χ4n) is 2.92. The predicted octanol–water partition coefficient (Wildman–Crippen LogP) is 6.26. The number of carbonyl (C=O) groups is 2. The second-order valence-corrected chi connectivity index (χ2v) is 8.78. The Hall–Kier alpha value is -3.62. The number of hydrogen-bond donors (Lipinski definition) is 3. The van der Waals surface area contributed by atoms with Crippen LogP contribution in [0.1, 0.15) is 10.8 Å². The normalized spacial score (nSPS) is 11.4. The van der Waals surface area contributed by atoms with Crippen LogP contribution in [0.5, 0.6) is 0 Å². The number of nitrogens with one attached hydrogen (secondary N) is 3. The van der Waals surface area contributed by atoms with Gasteiger partial charge in [-0.05, 0) is 42.0 Å². The molecule has 0 bridgehead atoms. The minimum atomic E-state index is -0.444. The summed E-state index contributed by atoms with van der Waals surface area (Å²) in [4.78, 5) is 30.2. The van der Waals surface area contributed by atoms with Crippen LogP contribution in [0, 0.1) is 0 Å². The van der Waals surface area contributed by atoms with Crippen molar-refractivity contribution in [3.8, 4) is 0 Å². The Balaban J connectivity index is 1.43. The van der Waals surface area contributed by atoms with E-state index >= 15 is 0 Å². The molecule has 0 spiro atoms. The predicted molar refractivity (Wildman–Crippen MR) is 131 cm³/mol. The van der Waals surface area contributed by atoms with Crippen molar-refractivity contribution in [1.82, 2.24) is 4.98 Å². The fourth-order valence-corrected chi connectivity index (χ4v) is 4.48. The summed E-state index contributed by atoms with van der Waals surface area (Å²) in [6.07, 6.45) is 1.66. The Labute approximate surface area is 194 Å². The summed E-state index contributed by atoms with van der Waals surface area (Å²) >= 11 is 2.82. The maximum atomic E-state index is 13.0. The SMILES string of the molecule is O=C(Nc1ccccc1)Nc1ccc(SC(C(=O)Nc2nccs2)c2ccccc2)cc1. The highest BCUT2D eigenvalue weighted by Gasteiger charge is 2.22. The van der Waals surface area contributed by atoms with Crippen molar-refractivity contribution < 1.29 is 9.59 Å². The molecule has 3 aromatic carbocycles. The molecule has 0 aliphatic rings. The second-order valence-electron chi connectivity index (χ2n) is 6.70. The molecule has 0 fully saturated rings. The molecule has 1 atom stereocenters. The lowest BCUT2D eigenvalue weighted by Crippen LogP contribution is -2.19. The lowest BCUT2D eigenvalue weighted by Gasteiger charge is -2.16. The lowest BCUT2D eigenvalue weighted by molar-refractivity contribution is -0.115. The standard InChI is InChI=1S/C24H20N4O2S2/c29-22(28-24-25-15-16-31-24)21(17-7-3-1-4-8-17)32-20-13-11-19(12-14-20)27-23(30)26-18-9-5-2-6-10-18/h1-16,21H,(H,25,28,29)(H2,26,27,30). The number of para-hydroxylation sites is 1. The topological polar surface area (TPSA) is 83.1 Å². The van der Waals surface area contributed by atoms with E-state index in [1.54, 1.807) is 6.20 Å². The number of rotatable bonds is 7. The van der Waals surface area contributed by atoms with Crippen molar-refractivity contribution in [3.05, 3.63) is 102 Å². The summed E-state index contributed by atoms with van der Waals surface area (Å²) < 4.78 is 0. The Morgan fingerprint density at radius 3 is 2.03 bits per heavy atom. The van der Waals surface area contributed by atoms with Gasteiger partial charge in [0.15, 0.2) is 5.13 Å². The Kier molecular flexibility index (Phi) is 7.16. The number of aromatic nitrogens is 1. The average Bonchev–Trinajstić information content (AvgIpc) is 3.32. The summed E-state index contributed by atoms with van der Waals surface area (Å²) in [5, 5.41) is 10.4. The molecule has 0 saturated carbocycles. The molecule has 1 aromatic heterocycles. The van der Waals surface area contributed by atoms with Gasteiger partial charge in [-0.3, -0.25) is 4.79 Å². The van der Waals surface area contributed by atoms with E-state index in [1.807, 2.05) is 90.3 Å². The number of hydrogen-bond acceptors (Lipinski definition) is 5. The number of anilines is 3. The van der Waals surface area contributed by atoms with E-state index in [2.05, 4.69) is 20.9 Å². The third kappa shape index (κ3) is 5.96. The zero-order chi connectivity index (χ0) is 22.2. The molecule has 0 aliphatic carbocycles. The second kappa shape index (κ2) is 10.6. The number of carbonyl (C=O) groups excluding carboxylic acids is 2. The van der Waals surface area contributed by atoms with Gasteiger partial charge in [0.1, 0.15) is 5.25 Å². The number of nitrogens with zero attached hydrogens (tertiary/aromatic N) is 1. The van der Waals surface area contributed by atoms with Crippen LogP contribution in [-0.2, 0) is 4.79 Å². The van der Waals surface area contributed by atoms with Crippen molar-refractivity contribution in [2.24, 2.45) is 0 Å². The third-order valence-electron chi connectivity index (χ3n) is 4.40. The number of urea groups is 1. The van der Waals surface area contributed by atoms with E-state index in [1.165, 1.54) is 23.1 Å². The van der Waals surface area contributed by atoms with Crippen molar-refractivity contribution in [1.29, 1.82) is 0 Å². The third-order valence-corrected chi connectivity index (χ3v) is 6.36. The van der Waals surface area contributed by atoms with Crippen LogP contribution in [0.2, 0.25) is 0 Å². The van der Waals surface area contributed by atoms with Gasteiger partial charge in [-0.15, -0.1) is 23.1 Å². The van der Waals surface area contributed by atoms with Gasteiger partial charge >= 0.3 is 6.03 Å². The van der Waals surface area contributed by atoms with Crippen LogP contribution in [-0.4, -0.2) is 16.9 Å². The monoisotopic (exact) mass is 460 g/mol. The van der Waals surface area contributed by atoms with Crippen LogP contribution in [0.4, 0.5) is 21.3 Å². The smallest absolute Gasteiger partial charge is 0.308 e. The molecular weight excluding hydrogens is 440 g/mol. The Morgan fingerprint density at radius 1 is 0.781 bits per heavy atom. The summed E-state index contributed by atoms with van der Waals surface area (Å²) in [6, 6.07) is 25.9. The van der Waals surface area contributed by atoms with E-state index in [4.69, 9.17) is 0 Å². The van der Waals surface area contributed by atoms with Crippen LogP contribution >= 0.6 is 23.1 Å². The van der Waals surface area contributed by atoms with Crippen LogP contribution < -0.4 is 16.0 Å². The summed E-state index contributed by atoms with van der Waals surface area (Å²) in [6.45, 7) is 0. The molecule has 8 heteroatoms. The molecule has 160 valence electrons. The quantitative estimate of drug-likeness (QED) is 0.284.